The highest BCUT2D eigenvalue weighted by atomic mass is 16.5. The molecule has 2 aromatic heterocycles. The molecule has 3 aromatic rings. The number of allylic oxidation sites excluding steroid dienone is 2. The number of nitrogens with zero attached hydrogens (tertiary/aromatic N) is 6. The van der Waals surface area contributed by atoms with Gasteiger partial charge in [0.25, 0.3) is 0 Å². The first-order valence-electron chi connectivity index (χ1n) is 13.7. The summed E-state index contributed by atoms with van der Waals surface area (Å²) in [7, 11) is 1.67. The second kappa shape index (κ2) is 10.1. The normalized spacial score (nSPS) is 24.5. The third-order valence-electron chi connectivity index (χ3n) is 8.21. The van der Waals surface area contributed by atoms with Crippen molar-refractivity contribution in [3.63, 3.8) is 0 Å². The number of carbonyl (C=O) groups excluding carboxylic acids is 1. The zero-order valence-electron chi connectivity index (χ0n) is 22.4. The van der Waals surface area contributed by atoms with Crippen LogP contribution in [0, 0.1) is 0 Å². The van der Waals surface area contributed by atoms with Gasteiger partial charge in [0.1, 0.15) is 17.9 Å². The summed E-state index contributed by atoms with van der Waals surface area (Å²) in [5, 5.41) is 9.45. The van der Waals surface area contributed by atoms with Crippen LogP contribution in [0.1, 0.15) is 22.9 Å². The Labute approximate surface area is 232 Å². The number of nitrogens with one attached hydrogen (secondary N) is 2. The minimum absolute atomic E-state index is 0.0390. The molecule has 5 heterocycles. The average Bonchev–Trinajstić information content (AvgIpc) is 3.58. The van der Waals surface area contributed by atoms with E-state index >= 15 is 0 Å². The Kier molecular flexibility index (Phi) is 6.26. The lowest BCUT2D eigenvalue weighted by Crippen LogP contribution is -2.60. The molecule has 1 aliphatic carbocycles. The van der Waals surface area contributed by atoms with Crippen molar-refractivity contribution < 1.29 is 9.53 Å². The maximum absolute atomic E-state index is 12.1. The van der Waals surface area contributed by atoms with Gasteiger partial charge in [0, 0.05) is 45.0 Å². The number of urea groups is 1. The Balaban J connectivity index is 1.14. The topological polar surface area (TPSA) is 116 Å². The third kappa shape index (κ3) is 4.41. The summed E-state index contributed by atoms with van der Waals surface area (Å²) in [5.74, 6) is 0.435. The summed E-state index contributed by atoms with van der Waals surface area (Å²) < 4.78 is 8.28. The van der Waals surface area contributed by atoms with Gasteiger partial charge in [-0.25, -0.2) is 19.7 Å². The minimum atomic E-state index is -0.173. The van der Waals surface area contributed by atoms with E-state index in [0.29, 0.717) is 25.5 Å². The number of piperazine rings is 1. The molecule has 0 saturated carbocycles. The second-order valence-corrected chi connectivity index (χ2v) is 10.7. The highest BCUT2D eigenvalue weighted by molar-refractivity contribution is 5.90. The number of amides is 2. The number of anilines is 1. The van der Waals surface area contributed by atoms with E-state index in [4.69, 9.17) is 10.5 Å². The molecule has 4 N–H and O–H groups in total. The van der Waals surface area contributed by atoms with Gasteiger partial charge in [0.2, 0.25) is 0 Å². The van der Waals surface area contributed by atoms with Gasteiger partial charge in [-0.1, -0.05) is 48.6 Å². The Morgan fingerprint density at radius 1 is 1.20 bits per heavy atom. The number of aromatic nitrogens is 3. The molecule has 40 heavy (non-hydrogen) atoms. The molecule has 0 spiro atoms. The fraction of sp³-hybridized carbons (Fsp3) is 0.345. The van der Waals surface area contributed by atoms with Crippen LogP contribution >= 0.6 is 0 Å². The Bertz CT molecular complexity index is 1530. The number of ether oxygens (including phenoxy) is 1. The number of hydrogen-bond acceptors (Lipinski definition) is 8. The largest absolute Gasteiger partial charge is 0.382 e. The van der Waals surface area contributed by atoms with Crippen LogP contribution in [-0.4, -0.2) is 87.4 Å². The van der Waals surface area contributed by atoms with E-state index < -0.39 is 0 Å². The Hall–Kier alpha value is -4.19. The molecule has 206 valence electrons. The SMILES string of the molecule is CNC(=O)N1CCN2CC(c3cc(C4=CC5NN(Cc6ccccc6)C=C5C=C4)c4c(N)ncnn34)OCC2C1. The van der Waals surface area contributed by atoms with E-state index in [9.17, 15) is 4.79 Å². The molecule has 3 unspecified atom stereocenters. The van der Waals surface area contributed by atoms with Crippen LogP contribution in [0.15, 0.2) is 72.7 Å². The van der Waals surface area contributed by atoms with Gasteiger partial charge >= 0.3 is 6.03 Å². The zero-order valence-corrected chi connectivity index (χ0v) is 22.4. The molecule has 2 fully saturated rings. The number of nitrogens with two attached hydrogens (primary N) is 1. The van der Waals surface area contributed by atoms with E-state index in [1.165, 1.54) is 17.5 Å². The van der Waals surface area contributed by atoms with Crippen molar-refractivity contribution in [1.29, 1.82) is 0 Å². The molecule has 11 heteroatoms. The fourth-order valence-corrected chi connectivity index (χ4v) is 6.15. The van der Waals surface area contributed by atoms with Gasteiger partial charge in [-0.2, -0.15) is 5.10 Å². The Morgan fingerprint density at radius 3 is 2.92 bits per heavy atom. The van der Waals surface area contributed by atoms with Crippen molar-refractivity contribution in [3.8, 4) is 0 Å². The smallest absolute Gasteiger partial charge is 0.317 e. The van der Waals surface area contributed by atoms with Crippen molar-refractivity contribution >= 4 is 22.9 Å². The van der Waals surface area contributed by atoms with Crippen LogP contribution in [-0.2, 0) is 11.3 Å². The highest BCUT2D eigenvalue weighted by Gasteiger charge is 2.37. The van der Waals surface area contributed by atoms with E-state index in [1.54, 1.807) is 7.05 Å². The van der Waals surface area contributed by atoms with Gasteiger partial charge in [0.05, 0.1) is 30.9 Å². The number of morpholine rings is 1. The van der Waals surface area contributed by atoms with Crippen LogP contribution in [0.2, 0.25) is 0 Å². The zero-order chi connectivity index (χ0) is 27.2. The number of rotatable bonds is 4. The number of benzene rings is 1. The van der Waals surface area contributed by atoms with Crippen molar-refractivity contribution in [2.75, 3.05) is 45.6 Å². The fourth-order valence-electron chi connectivity index (χ4n) is 6.15. The predicted octanol–water partition coefficient (Wildman–Crippen LogP) is 1.93. The molecule has 11 nitrogen and oxygen atoms in total. The molecule has 2 saturated heterocycles. The van der Waals surface area contributed by atoms with Crippen molar-refractivity contribution in [3.05, 3.63) is 89.5 Å². The minimum Gasteiger partial charge on any atom is -0.382 e. The summed E-state index contributed by atoms with van der Waals surface area (Å²) in [6.45, 7) is 4.21. The lowest BCUT2D eigenvalue weighted by molar-refractivity contribution is -0.0866. The van der Waals surface area contributed by atoms with Crippen LogP contribution < -0.4 is 16.5 Å². The van der Waals surface area contributed by atoms with Crippen molar-refractivity contribution in [2.45, 2.75) is 24.7 Å². The monoisotopic (exact) mass is 539 g/mol. The first kappa shape index (κ1) is 24.8. The van der Waals surface area contributed by atoms with Crippen molar-refractivity contribution in [2.24, 2.45) is 0 Å². The standard InChI is InChI=1S/C29H33N9O2/c1-31-29(39)36-10-9-35-16-26(40-17-22(35)15-36)25-12-23(27-28(30)32-18-33-38(25)27)20-7-8-21-14-37(34-24(21)11-20)13-19-5-3-2-4-6-19/h2-8,11-12,14,18,22,24,26,34H,9-10,13,15-17H2,1H3,(H,31,39)(H2,30,32,33). The van der Waals surface area contributed by atoms with E-state index in [-0.39, 0.29) is 24.2 Å². The molecule has 3 atom stereocenters. The van der Waals surface area contributed by atoms with Crippen LogP contribution in [0.3, 0.4) is 0 Å². The summed E-state index contributed by atoms with van der Waals surface area (Å²) in [5.41, 5.74) is 16.3. The molecular formula is C29H33N9O2. The van der Waals surface area contributed by atoms with Gasteiger partial charge in [0.15, 0.2) is 5.82 Å². The van der Waals surface area contributed by atoms with Crippen LogP contribution in [0.25, 0.3) is 11.1 Å². The van der Waals surface area contributed by atoms with E-state index in [1.807, 2.05) is 15.5 Å². The number of carbonyl (C=O) groups is 1. The second-order valence-electron chi connectivity index (χ2n) is 10.7. The molecule has 3 aliphatic heterocycles. The molecular weight excluding hydrogens is 506 g/mol. The number of nitrogen functional groups attached to an aromatic ring is 1. The molecule has 0 radical (unpaired) electrons. The van der Waals surface area contributed by atoms with Crippen LogP contribution in [0.5, 0.6) is 0 Å². The summed E-state index contributed by atoms with van der Waals surface area (Å²) >= 11 is 0. The van der Waals surface area contributed by atoms with E-state index in [2.05, 4.69) is 85.5 Å². The maximum Gasteiger partial charge on any atom is 0.317 e. The van der Waals surface area contributed by atoms with Gasteiger partial charge in [-0.3, -0.25) is 4.90 Å². The number of hydrazine groups is 1. The van der Waals surface area contributed by atoms with E-state index in [0.717, 1.165) is 42.0 Å². The lowest BCUT2D eigenvalue weighted by atomic mass is 9.95. The molecule has 0 bridgehead atoms. The number of fused-ring (bicyclic) bond motifs is 3. The van der Waals surface area contributed by atoms with Crippen LogP contribution in [0.4, 0.5) is 10.6 Å². The average molecular weight is 540 g/mol. The maximum atomic E-state index is 12.1. The Morgan fingerprint density at radius 2 is 2.08 bits per heavy atom. The summed E-state index contributed by atoms with van der Waals surface area (Å²) in [4.78, 5) is 20.7. The molecule has 2 amide bonds. The lowest BCUT2D eigenvalue weighted by Gasteiger charge is -2.45. The van der Waals surface area contributed by atoms with Gasteiger partial charge in [-0.15, -0.1) is 0 Å². The highest BCUT2D eigenvalue weighted by Crippen LogP contribution is 2.36. The molecule has 7 rings (SSSR count). The first-order valence-corrected chi connectivity index (χ1v) is 13.7. The first-order chi connectivity index (χ1) is 19.6. The predicted molar refractivity (Wildman–Crippen MR) is 152 cm³/mol. The van der Waals surface area contributed by atoms with Crippen molar-refractivity contribution in [1.82, 2.24) is 40.1 Å². The quantitative estimate of drug-likeness (QED) is 0.461. The number of hydrogen-bond donors (Lipinski definition) is 3. The summed E-state index contributed by atoms with van der Waals surface area (Å²) in [6, 6.07) is 12.8. The van der Waals surface area contributed by atoms with Gasteiger partial charge in [-0.05, 0) is 22.8 Å². The summed E-state index contributed by atoms with van der Waals surface area (Å²) in [6.07, 6.45) is 10.0. The molecule has 4 aliphatic rings. The van der Waals surface area contributed by atoms with Gasteiger partial charge < -0.3 is 25.7 Å². The third-order valence-corrected chi connectivity index (χ3v) is 8.21. The molecule has 1 aromatic carbocycles.